The van der Waals surface area contributed by atoms with Crippen LogP contribution in [-0.2, 0) is 28.6 Å². The number of carboxylic acid groups (broad SMARTS) is 1. The SMILES string of the molecule is CC/C=C/C/C=C/C/C=C/C/C=C/C/C=C/CCCCCC(=O)OCC(COCCC(C(=O)O)[N+](C)(C)C)OC(=O)CCCCCCCCC/C=C/CCCCCCCCCC. The molecule has 0 saturated heterocycles. The number of hydrogen-bond acceptors (Lipinski definition) is 6. The van der Waals surface area contributed by atoms with Crippen molar-refractivity contribution in [1.82, 2.24) is 0 Å². The summed E-state index contributed by atoms with van der Waals surface area (Å²) in [6, 6.07) is -0.624. The van der Waals surface area contributed by atoms with Crippen LogP contribution in [0.4, 0.5) is 0 Å². The number of carbonyl (C=O) groups excluding carboxylic acids is 2. The normalized spacial score (nSPS) is 13.5. The van der Waals surface area contributed by atoms with Crippen molar-refractivity contribution in [3.63, 3.8) is 0 Å². The molecular weight excluding hydrogens is 775 g/mol. The number of carboxylic acids is 1. The van der Waals surface area contributed by atoms with Gasteiger partial charge in [0.25, 0.3) is 0 Å². The van der Waals surface area contributed by atoms with Gasteiger partial charge in [0.15, 0.2) is 12.1 Å². The molecule has 0 rings (SSSR count). The average Bonchev–Trinajstić information content (AvgIpc) is 3.23. The first-order valence-electron chi connectivity index (χ1n) is 25.0. The number of aliphatic carboxylic acids is 1. The molecule has 62 heavy (non-hydrogen) atoms. The smallest absolute Gasteiger partial charge is 0.362 e. The monoisotopic (exact) mass is 869 g/mol. The number of rotatable bonds is 44. The first-order chi connectivity index (χ1) is 30.1. The molecule has 0 radical (unpaired) electrons. The van der Waals surface area contributed by atoms with Crippen molar-refractivity contribution in [2.75, 3.05) is 41.0 Å². The van der Waals surface area contributed by atoms with Crippen LogP contribution in [0, 0.1) is 0 Å². The van der Waals surface area contributed by atoms with Gasteiger partial charge < -0.3 is 23.8 Å². The Hall–Kier alpha value is -3.23. The number of allylic oxidation sites excluding steroid dienone is 12. The van der Waals surface area contributed by atoms with Crippen molar-refractivity contribution in [1.29, 1.82) is 0 Å². The van der Waals surface area contributed by atoms with Crippen LogP contribution in [-0.4, -0.2) is 80.6 Å². The van der Waals surface area contributed by atoms with Gasteiger partial charge in [-0.2, -0.15) is 0 Å². The zero-order valence-corrected chi connectivity index (χ0v) is 40.6. The van der Waals surface area contributed by atoms with Crippen LogP contribution in [0.1, 0.15) is 200 Å². The maximum atomic E-state index is 12.8. The molecule has 0 aromatic carbocycles. The molecule has 0 aliphatic rings. The average molecular weight is 869 g/mol. The van der Waals surface area contributed by atoms with Crippen LogP contribution in [0.2, 0.25) is 0 Å². The van der Waals surface area contributed by atoms with Crippen molar-refractivity contribution < 1.29 is 38.2 Å². The van der Waals surface area contributed by atoms with Gasteiger partial charge >= 0.3 is 17.9 Å². The maximum absolute atomic E-state index is 12.8. The van der Waals surface area contributed by atoms with Crippen LogP contribution < -0.4 is 0 Å². The largest absolute Gasteiger partial charge is 0.477 e. The van der Waals surface area contributed by atoms with E-state index in [-0.39, 0.29) is 36.2 Å². The van der Waals surface area contributed by atoms with Gasteiger partial charge in [-0.05, 0) is 83.5 Å². The minimum atomic E-state index is -0.882. The van der Waals surface area contributed by atoms with Crippen LogP contribution in [0.5, 0.6) is 0 Å². The second-order valence-electron chi connectivity index (χ2n) is 17.7. The number of unbranched alkanes of at least 4 members (excludes halogenated alkanes) is 18. The number of likely N-dealkylation sites (N-methyl/N-ethyl adjacent to an activating group) is 1. The van der Waals surface area contributed by atoms with E-state index >= 15 is 0 Å². The van der Waals surface area contributed by atoms with E-state index < -0.39 is 18.1 Å². The lowest BCUT2D eigenvalue weighted by molar-refractivity contribution is -0.887. The fourth-order valence-corrected chi connectivity index (χ4v) is 6.99. The molecule has 0 aliphatic carbocycles. The number of esters is 2. The van der Waals surface area contributed by atoms with Gasteiger partial charge in [0, 0.05) is 19.3 Å². The second kappa shape index (κ2) is 44.4. The predicted molar refractivity (Wildman–Crippen MR) is 261 cm³/mol. The standard InChI is InChI=1S/C54H93NO7/c1-6-8-10-12-14-16-18-20-22-24-26-28-30-32-34-36-38-40-42-44-52(56)61-49-50(48-60-47-46-51(54(58)59)55(3,4)5)62-53(57)45-43-41-39-37-35-33-31-29-27-25-23-21-19-17-15-13-11-9-7-2/h8,10,14,16,20,22,25-28,32,34,50-51H,6-7,9,11-13,15,17-19,21,23-24,29-31,33,35-49H2,1-5H3/p+1/b10-8+,16-14+,22-20+,27-25+,28-26+,34-32+. The summed E-state index contributed by atoms with van der Waals surface area (Å²) in [5, 5.41) is 9.65. The second-order valence-corrected chi connectivity index (χ2v) is 17.7. The highest BCUT2D eigenvalue weighted by Crippen LogP contribution is 2.14. The van der Waals surface area contributed by atoms with E-state index in [2.05, 4.69) is 86.8 Å². The summed E-state index contributed by atoms with van der Waals surface area (Å²) < 4.78 is 17.3. The minimum Gasteiger partial charge on any atom is -0.477 e. The van der Waals surface area contributed by atoms with Crippen LogP contribution >= 0.6 is 0 Å². The topological polar surface area (TPSA) is 99.1 Å². The molecule has 0 aliphatic heterocycles. The molecule has 0 amide bonds. The summed E-state index contributed by atoms with van der Waals surface area (Å²) in [5.74, 6) is -1.52. The van der Waals surface area contributed by atoms with Gasteiger partial charge in [0.05, 0.1) is 34.4 Å². The van der Waals surface area contributed by atoms with Crippen molar-refractivity contribution >= 4 is 17.9 Å². The van der Waals surface area contributed by atoms with Crippen LogP contribution in [0.3, 0.4) is 0 Å². The third-order valence-corrected chi connectivity index (χ3v) is 10.8. The predicted octanol–water partition coefficient (Wildman–Crippen LogP) is 14.3. The Balaban J connectivity index is 4.35. The molecule has 0 saturated carbocycles. The molecular formula is C54H94NO7+. The molecule has 2 unspecified atom stereocenters. The van der Waals surface area contributed by atoms with Gasteiger partial charge in [-0.1, -0.05) is 170 Å². The molecule has 356 valence electrons. The van der Waals surface area contributed by atoms with E-state index in [4.69, 9.17) is 14.2 Å². The molecule has 0 heterocycles. The van der Waals surface area contributed by atoms with E-state index in [1.807, 2.05) is 21.1 Å². The van der Waals surface area contributed by atoms with Gasteiger partial charge in [-0.3, -0.25) is 9.59 Å². The Morgan fingerprint density at radius 1 is 0.500 bits per heavy atom. The fraction of sp³-hybridized carbons (Fsp3) is 0.722. The number of nitrogens with zero attached hydrogens (tertiary/aromatic N) is 1. The fourth-order valence-electron chi connectivity index (χ4n) is 6.99. The van der Waals surface area contributed by atoms with Gasteiger partial charge in [-0.25, -0.2) is 4.79 Å². The highest BCUT2D eigenvalue weighted by molar-refractivity contribution is 5.72. The third kappa shape index (κ3) is 42.1. The lowest BCUT2D eigenvalue weighted by Crippen LogP contribution is -2.50. The molecule has 8 nitrogen and oxygen atoms in total. The van der Waals surface area contributed by atoms with E-state index in [1.54, 1.807) is 0 Å². The maximum Gasteiger partial charge on any atom is 0.362 e. The van der Waals surface area contributed by atoms with Crippen LogP contribution in [0.15, 0.2) is 72.9 Å². The number of hydrogen-bond donors (Lipinski definition) is 1. The van der Waals surface area contributed by atoms with Crippen molar-refractivity contribution in [3.05, 3.63) is 72.9 Å². The highest BCUT2D eigenvalue weighted by Gasteiger charge is 2.31. The van der Waals surface area contributed by atoms with Crippen molar-refractivity contribution in [2.24, 2.45) is 0 Å². The molecule has 2 atom stereocenters. The van der Waals surface area contributed by atoms with E-state index in [1.165, 1.54) is 89.9 Å². The third-order valence-electron chi connectivity index (χ3n) is 10.8. The Morgan fingerprint density at radius 3 is 1.37 bits per heavy atom. The quantitative estimate of drug-likeness (QED) is 0.0282. The molecule has 0 aromatic rings. The summed E-state index contributed by atoms with van der Waals surface area (Å²) in [6.45, 7) is 4.59. The molecule has 8 heteroatoms. The van der Waals surface area contributed by atoms with Gasteiger partial charge in [0.1, 0.15) is 6.61 Å². The highest BCUT2D eigenvalue weighted by atomic mass is 16.6. The summed E-state index contributed by atoms with van der Waals surface area (Å²) >= 11 is 0. The Bertz CT molecular complexity index is 1240. The summed E-state index contributed by atoms with van der Waals surface area (Å²) in [6.07, 6.45) is 56.6. The molecule has 0 spiro atoms. The number of carbonyl (C=O) groups is 3. The van der Waals surface area contributed by atoms with E-state index in [0.29, 0.717) is 19.3 Å². The summed E-state index contributed by atoms with van der Waals surface area (Å²) in [7, 11) is 5.52. The lowest BCUT2D eigenvalue weighted by atomic mass is 10.1. The summed E-state index contributed by atoms with van der Waals surface area (Å²) in [5.41, 5.74) is 0. The molecule has 0 fully saturated rings. The van der Waals surface area contributed by atoms with Gasteiger partial charge in [0.2, 0.25) is 0 Å². The van der Waals surface area contributed by atoms with Gasteiger partial charge in [-0.15, -0.1) is 0 Å². The first kappa shape index (κ1) is 58.8. The number of ether oxygens (including phenoxy) is 3. The molecule has 1 N–H and O–H groups in total. The number of quaternary nitrogens is 1. The Morgan fingerprint density at radius 2 is 0.903 bits per heavy atom. The van der Waals surface area contributed by atoms with Crippen LogP contribution in [0.25, 0.3) is 0 Å². The molecule has 0 bridgehead atoms. The Labute approximate surface area is 381 Å². The molecule has 0 aromatic heterocycles. The summed E-state index contributed by atoms with van der Waals surface area (Å²) in [4.78, 5) is 37.1. The van der Waals surface area contributed by atoms with E-state index in [0.717, 1.165) is 77.0 Å². The minimum absolute atomic E-state index is 0.0458. The van der Waals surface area contributed by atoms with Crippen molar-refractivity contribution in [3.8, 4) is 0 Å². The zero-order valence-electron chi connectivity index (χ0n) is 40.6. The first-order valence-corrected chi connectivity index (χ1v) is 25.0. The Kier molecular flexibility index (Phi) is 42.1. The van der Waals surface area contributed by atoms with Crippen molar-refractivity contribution in [2.45, 2.75) is 212 Å². The lowest BCUT2D eigenvalue weighted by Gasteiger charge is -2.31. The van der Waals surface area contributed by atoms with E-state index in [9.17, 15) is 19.5 Å². The zero-order chi connectivity index (χ0) is 45.6.